The quantitative estimate of drug-likeness (QED) is 0.197. The van der Waals surface area contributed by atoms with Crippen LogP contribution >= 0.6 is 11.6 Å². The van der Waals surface area contributed by atoms with E-state index in [2.05, 4.69) is 15.5 Å². The summed E-state index contributed by atoms with van der Waals surface area (Å²) in [5.74, 6) is -4.19. The van der Waals surface area contributed by atoms with E-state index in [9.17, 15) is 29.2 Å². The molecule has 3 aliphatic heterocycles. The zero-order valence-corrected chi connectivity index (χ0v) is 33.3. The van der Waals surface area contributed by atoms with Crippen LogP contribution in [0.1, 0.15) is 83.6 Å². The largest absolute Gasteiger partial charge is 0.494 e. The van der Waals surface area contributed by atoms with Gasteiger partial charge >= 0.3 is 0 Å². The van der Waals surface area contributed by atoms with E-state index < -0.39 is 69.6 Å². The van der Waals surface area contributed by atoms with Gasteiger partial charge in [0.05, 0.1) is 28.3 Å². The Balaban J connectivity index is 0.882. The average molecular weight is 817 g/mol. The van der Waals surface area contributed by atoms with Gasteiger partial charge in [0.15, 0.2) is 0 Å². The molecule has 3 aromatic carbocycles. The fourth-order valence-electron chi connectivity index (χ4n) is 9.01. The molecule has 0 radical (unpaired) electrons. The van der Waals surface area contributed by atoms with E-state index in [1.54, 1.807) is 24.3 Å². The van der Waals surface area contributed by atoms with Gasteiger partial charge < -0.3 is 19.7 Å². The summed E-state index contributed by atoms with van der Waals surface area (Å²) in [5.41, 5.74) is -0.910. The molecule has 13 nitrogen and oxygen atoms in total. The zero-order valence-electron chi connectivity index (χ0n) is 32.5. The van der Waals surface area contributed by atoms with Crippen molar-refractivity contribution in [1.82, 2.24) is 20.4 Å². The Morgan fingerprint density at radius 3 is 2.22 bits per heavy atom. The number of carbonyl (C=O) groups excluding carboxylic acids is 5. The van der Waals surface area contributed by atoms with Crippen molar-refractivity contribution in [3.8, 4) is 17.6 Å². The highest BCUT2D eigenvalue weighted by molar-refractivity contribution is 6.31. The molecule has 1 saturated carbocycles. The summed E-state index contributed by atoms with van der Waals surface area (Å²) >= 11 is 6.19. The van der Waals surface area contributed by atoms with Gasteiger partial charge in [-0.25, -0.2) is 8.78 Å². The monoisotopic (exact) mass is 816 g/mol. The lowest BCUT2D eigenvalue weighted by atomic mass is 9.49. The van der Waals surface area contributed by atoms with Crippen LogP contribution in [0, 0.1) is 33.8 Å². The van der Waals surface area contributed by atoms with Crippen molar-refractivity contribution in [3.05, 3.63) is 87.4 Å². The second-order valence-corrected chi connectivity index (χ2v) is 16.7. The van der Waals surface area contributed by atoms with E-state index in [1.165, 1.54) is 24.3 Å². The minimum atomic E-state index is -1.04. The van der Waals surface area contributed by atoms with Crippen LogP contribution in [0.3, 0.4) is 0 Å². The van der Waals surface area contributed by atoms with Gasteiger partial charge in [0.25, 0.3) is 17.7 Å². The van der Waals surface area contributed by atoms with E-state index >= 15 is 8.78 Å². The molecule has 0 bridgehead atoms. The third kappa shape index (κ3) is 7.46. The maximum absolute atomic E-state index is 15.5. The van der Waals surface area contributed by atoms with Gasteiger partial charge in [0, 0.05) is 67.8 Å². The highest BCUT2D eigenvalue weighted by Gasteiger charge is 2.64. The van der Waals surface area contributed by atoms with Crippen LogP contribution in [-0.2, 0) is 9.59 Å². The summed E-state index contributed by atoms with van der Waals surface area (Å²) in [5, 5.41) is 14.5. The Hall–Kier alpha value is -5.59. The van der Waals surface area contributed by atoms with Gasteiger partial charge in [-0.05, 0) is 55.3 Å². The number of hydrogen-bond donors (Lipinski definition) is 2. The molecule has 304 valence electrons. The van der Waals surface area contributed by atoms with Crippen molar-refractivity contribution in [2.24, 2.45) is 10.8 Å². The number of nitriles is 1. The second-order valence-electron chi connectivity index (χ2n) is 16.3. The third-order valence-corrected chi connectivity index (χ3v) is 12.0. The molecule has 5 amide bonds. The molecule has 3 heterocycles. The maximum atomic E-state index is 15.5. The molecule has 1 atom stereocenters. The molecule has 3 aromatic rings. The number of hydrogen-bond acceptors (Lipinski definition) is 10. The molecular weight excluding hydrogens is 774 g/mol. The van der Waals surface area contributed by atoms with E-state index in [0.29, 0.717) is 68.5 Å². The first kappa shape index (κ1) is 40.6. The van der Waals surface area contributed by atoms with Gasteiger partial charge in [-0.3, -0.25) is 39.1 Å². The normalized spacial score (nSPS) is 22.5. The van der Waals surface area contributed by atoms with E-state index in [0.717, 1.165) is 4.90 Å². The van der Waals surface area contributed by atoms with Gasteiger partial charge in [-0.15, -0.1) is 0 Å². The number of nitrogens with zero attached hydrogens (tertiary/aromatic N) is 4. The Bertz CT molecular complexity index is 2210. The van der Waals surface area contributed by atoms with Gasteiger partial charge in [-0.2, -0.15) is 5.26 Å². The fraction of sp³-hybridized carbons (Fsp3) is 0.429. The number of anilines is 1. The highest BCUT2D eigenvalue weighted by Crippen LogP contribution is 2.55. The van der Waals surface area contributed by atoms with E-state index in [1.807, 2.05) is 38.7 Å². The van der Waals surface area contributed by atoms with Crippen LogP contribution in [0.2, 0.25) is 5.02 Å². The number of carbonyl (C=O) groups is 5. The number of piperidine rings is 1. The lowest BCUT2D eigenvalue weighted by Crippen LogP contribution is -2.74. The van der Waals surface area contributed by atoms with Crippen LogP contribution in [0.4, 0.5) is 14.5 Å². The summed E-state index contributed by atoms with van der Waals surface area (Å²) in [4.78, 5) is 68.3. The zero-order chi connectivity index (χ0) is 41.7. The smallest absolute Gasteiger partial charge is 0.262 e. The number of amides is 5. The highest BCUT2D eigenvalue weighted by atomic mass is 35.5. The minimum absolute atomic E-state index is 0.0375. The predicted octanol–water partition coefficient (Wildman–Crippen LogP) is 5.09. The number of halogens is 3. The van der Waals surface area contributed by atoms with Crippen LogP contribution < -0.4 is 25.0 Å². The molecule has 3 fully saturated rings. The average Bonchev–Trinajstić information content (AvgIpc) is 3.42. The summed E-state index contributed by atoms with van der Waals surface area (Å²) in [6.45, 7) is 10.9. The number of nitrogens with one attached hydrogen (secondary N) is 2. The van der Waals surface area contributed by atoms with Crippen molar-refractivity contribution < 1.29 is 42.2 Å². The second kappa shape index (κ2) is 15.6. The van der Waals surface area contributed by atoms with Crippen LogP contribution in [0.25, 0.3) is 0 Å². The number of fused-ring (bicyclic) bond motifs is 1. The molecule has 1 aliphatic carbocycles. The molecule has 2 N–H and O–H groups in total. The SMILES string of the molecule is CC1(C)[C@H](NC(=O)c2c(F)cc(N3CCN(CCCOc4ccc5c(c4)C(=O)N(C4CCC(=O)NC4=O)C5=O)CC3)cc2F)C(C)(C)[C@H]1Oc1ccc(C#N)c(Cl)c1. The Labute approximate surface area is 339 Å². The number of rotatable bonds is 11. The lowest BCUT2D eigenvalue weighted by Gasteiger charge is -2.63. The van der Waals surface area contributed by atoms with Crippen molar-refractivity contribution in [3.63, 3.8) is 0 Å². The van der Waals surface area contributed by atoms with Crippen molar-refractivity contribution >= 4 is 46.8 Å². The third-order valence-electron chi connectivity index (χ3n) is 11.7. The van der Waals surface area contributed by atoms with Crippen LogP contribution in [0.15, 0.2) is 48.5 Å². The summed E-state index contributed by atoms with van der Waals surface area (Å²) < 4.78 is 43.2. The summed E-state index contributed by atoms with van der Waals surface area (Å²) in [6.07, 6.45) is 0.369. The Morgan fingerprint density at radius 1 is 0.931 bits per heavy atom. The Morgan fingerprint density at radius 2 is 1.59 bits per heavy atom. The van der Waals surface area contributed by atoms with Crippen molar-refractivity contribution in [2.75, 3.05) is 44.2 Å². The predicted molar refractivity (Wildman–Crippen MR) is 208 cm³/mol. The summed E-state index contributed by atoms with van der Waals surface area (Å²) in [6, 6.07) is 12.3. The number of piperazine rings is 1. The Kier molecular flexibility index (Phi) is 10.9. The first-order valence-corrected chi connectivity index (χ1v) is 19.5. The minimum Gasteiger partial charge on any atom is -0.494 e. The number of benzene rings is 3. The van der Waals surface area contributed by atoms with Crippen LogP contribution in [-0.4, -0.2) is 96.9 Å². The van der Waals surface area contributed by atoms with Gasteiger partial charge in [-0.1, -0.05) is 39.3 Å². The first-order chi connectivity index (χ1) is 27.5. The van der Waals surface area contributed by atoms with Gasteiger partial charge in [0.2, 0.25) is 11.8 Å². The molecule has 7 rings (SSSR count). The topological polar surface area (TPSA) is 161 Å². The van der Waals surface area contributed by atoms with E-state index in [4.69, 9.17) is 21.1 Å². The van der Waals surface area contributed by atoms with Gasteiger partial charge in [0.1, 0.15) is 46.9 Å². The molecule has 2 saturated heterocycles. The van der Waals surface area contributed by atoms with Crippen LogP contribution in [0.5, 0.6) is 11.5 Å². The van der Waals surface area contributed by atoms with Crippen molar-refractivity contribution in [2.45, 2.75) is 65.1 Å². The lowest BCUT2D eigenvalue weighted by molar-refractivity contribution is -0.164. The fourth-order valence-corrected chi connectivity index (χ4v) is 9.22. The molecule has 4 aliphatic rings. The van der Waals surface area contributed by atoms with E-state index in [-0.39, 0.29) is 35.1 Å². The molecular formula is C42H43ClF2N6O7. The first-order valence-electron chi connectivity index (χ1n) is 19.1. The maximum Gasteiger partial charge on any atom is 0.262 e. The standard InChI is InChI=1S/C42H43ClF2N6O7/c1-41(2)39(42(3,4)40(41)58-26-7-6-23(22-46)29(43)21-26)48-36(54)34-30(44)18-24(19-31(34)45)50-15-13-49(14-16-50)12-5-17-57-25-8-9-27-28(20-25)38(56)51(37(27)55)32-10-11-33(52)47-35(32)53/h6-9,18-21,32,39-40H,5,10-17H2,1-4H3,(H,48,54)(H,47,52,53)/t32?,39-,40-. The molecule has 58 heavy (non-hydrogen) atoms. The number of ether oxygens (including phenoxy) is 2. The molecule has 0 aromatic heterocycles. The molecule has 1 unspecified atom stereocenters. The number of imide groups is 2. The van der Waals surface area contributed by atoms with Crippen molar-refractivity contribution in [1.29, 1.82) is 5.26 Å². The molecule has 0 spiro atoms. The molecule has 16 heteroatoms. The summed E-state index contributed by atoms with van der Waals surface area (Å²) in [7, 11) is 0.